The molecule has 31 heavy (non-hydrogen) atoms. The van der Waals surface area contributed by atoms with E-state index in [1.54, 1.807) is 37.8 Å². The SMILES string of the molecule is C/C=C(\C=NC)c1cc(Oc2cccc(C(=O)NCc3ccc(P)cn3)c2C)ccn1. The summed E-state index contributed by atoms with van der Waals surface area (Å²) in [7, 11) is 4.31. The maximum Gasteiger partial charge on any atom is 0.252 e. The Hall–Kier alpha value is -3.37. The van der Waals surface area contributed by atoms with E-state index in [2.05, 4.69) is 29.5 Å². The molecule has 0 bridgehead atoms. The number of nitrogens with zero attached hydrogens (tertiary/aromatic N) is 3. The minimum Gasteiger partial charge on any atom is -0.457 e. The average Bonchev–Trinajstić information content (AvgIpc) is 2.78. The maximum atomic E-state index is 12.7. The number of nitrogens with one attached hydrogen (secondary N) is 1. The highest BCUT2D eigenvalue weighted by Crippen LogP contribution is 2.28. The van der Waals surface area contributed by atoms with Gasteiger partial charge in [0.15, 0.2) is 0 Å². The number of carbonyl (C=O) groups excluding carboxylic acids is 1. The van der Waals surface area contributed by atoms with Gasteiger partial charge in [0, 0.05) is 48.4 Å². The smallest absolute Gasteiger partial charge is 0.252 e. The molecule has 1 atom stereocenters. The van der Waals surface area contributed by atoms with Crippen molar-refractivity contribution in [2.45, 2.75) is 20.4 Å². The van der Waals surface area contributed by atoms with Gasteiger partial charge in [-0.1, -0.05) is 18.2 Å². The second kappa shape index (κ2) is 10.6. The zero-order valence-corrected chi connectivity index (χ0v) is 18.9. The van der Waals surface area contributed by atoms with Crippen LogP contribution < -0.4 is 15.4 Å². The van der Waals surface area contributed by atoms with Crippen molar-refractivity contribution in [3.05, 3.63) is 83.4 Å². The van der Waals surface area contributed by atoms with Crippen molar-refractivity contribution in [3.8, 4) is 11.5 Å². The molecule has 2 aromatic heterocycles. The molecule has 0 aliphatic carbocycles. The molecule has 0 fully saturated rings. The molecule has 1 unspecified atom stereocenters. The van der Waals surface area contributed by atoms with E-state index in [1.807, 2.05) is 50.3 Å². The van der Waals surface area contributed by atoms with Crippen LogP contribution in [-0.4, -0.2) is 29.1 Å². The lowest BCUT2D eigenvalue weighted by atomic mass is 10.1. The Morgan fingerprint density at radius 2 is 2.06 bits per heavy atom. The highest BCUT2D eigenvalue weighted by atomic mass is 31.0. The molecular weight excluding hydrogens is 407 g/mol. The molecule has 0 spiro atoms. The molecule has 1 N–H and O–H groups in total. The summed E-state index contributed by atoms with van der Waals surface area (Å²) in [5.41, 5.74) is 3.78. The number of hydrogen-bond acceptors (Lipinski definition) is 5. The van der Waals surface area contributed by atoms with Crippen LogP contribution in [0.3, 0.4) is 0 Å². The van der Waals surface area contributed by atoms with Crippen molar-refractivity contribution in [1.29, 1.82) is 0 Å². The predicted octanol–water partition coefficient (Wildman–Crippen LogP) is 4.11. The Morgan fingerprint density at radius 1 is 1.23 bits per heavy atom. The van der Waals surface area contributed by atoms with E-state index in [4.69, 9.17) is 4.74 Å². The lowest BCUT2D eigenvalue weighted by molar-refractivity contribution is 0.0949. The Morgan fingerprint density at radius 3 is 2.77 bits per heavy atom. The summed E-state index contributed by atoms with van der Waals surface area (Å²) in [5, 5.41) is 3.92. The zero-order chi connectivity index (χ0) is 22.2. The highest BCUT2D eigenvalue weighted by molar-refractivity contribution is 7.27. The van der Waals surface area contributed by atoms with Crippen LogP contribution in [0, 0.1) is 6.92 Å². The normalized spacial score (nSPS) is 11.5. The van der Waals surface area contributed by atoms with Crippen LogP contribution in [0.2, 0.25) is 0 Å². The number of aromatic nitrogens is 2. The van der Waals surface area contributed by atoms with Gasteiger partial charge in [0.2, 0.25) is 0 Å². The summed E-state index contributed by atoms with van der Waals surface area (Å²) >= 11 is 0. The van der Waals surface area contributed by atoms with Gasteiger partial charge in [-0.3, -0.25) is 19.8 Å². The molecular formula is C24H25N4O2P. The highest BCUT2D eigenvalue weighted by Gasteiger charge is 2.13. The lowest BCUT2D eigenvalue weighted by Crippen LogP contribution is -2.24. The molecule has 7 heteroatoms. The van der Waals surface area contributed by atoms with Crippen molar-refractivity contribution in [2.75, 3.05) is 7.05 Å². The first-order chi connectivity index (χ1) is 15.0. The van der Waals surface area contributed by atoms with E-state index < -0.39 is 0 Å². The first-order valence-electron chi connectivity index (χ1n) is 9.82. The molecule has 6 nitrogen and oxygen atoms in total. The summed E-state index contributed by atoms with van der Waals surface area (Å²) in [6.45, 7) is 4.16. The van der Waals surface area contributed by atoms with Crippen LogP contribution in [0.25, 0.3) is 5.57 Å². The molecule has 0 saturated heterocycles. The van der Waals surface area contributed by atoms with Crippen LogP contribution in [0.1, 0.15) is 34.2 Å². The minimum atomic E-state index is -0.175. The molecule has 3 rings (SSSR count). The molecule has 0 saturated carbocycles. The molecule has 2 heterocycles. The summed E-state index contributed by atoms with van der Waals surface area (Å²) in [4.78, 5) is 25.5. The Labute approximate surface area is 184 Å². The number of allylic oxidation sites excluding steroid dienone is 2. The van der Waals surface area contributed by atoms with Crippen molar-refractivity contribution in [2.24, 2.45) is 4.99 Å². The average molecular weight is 432 g/mol. The van der Waals surface area contributed by atoms with Gasteiger partial charge in [-0.2, -0.15) is 0 Å². The second-order valence-corrected chi connectivity index (χ2v) is 7.47. The fraction of sp³-hybridized carbons (Fsp3) is 0.167. The number of hydrogen-bond donors (Lipinski definition) is 1. The van der Waals surface area contributed by atoms with Gasteiger partial charge in [0.1, 0.15) is 11.5 Å². The molecule has 158 valence electrons. The standard InChI is InChI=1S/C24H25N4O2P/c1-4-17(13-25-3)22-12-19(10-11-26-22)30-23-7-5-6-21(16(23)2)24(29)28-14-18-8-9-20(31)15-27-18/h4-13,15H,14,31H2,1-3H3,(H,28,29)/b17-4+,25-13?. The Kier molecular flexibility index (Phi) is 7.63. The van der Waals surface area contributed by atoms with Crippen LogP contribution in [0.4, 0.5) is 0 Å². The van der Waals surface area contributed by atoms with E-state index in [9.17, 15) is 4.79 Å². The zero-order valence-electron chi connectivity index (χ0n) is 17.8. The minimum absolute atomic E-state index is 0.175. The number of carbonyl (C=O) groups is 1. The van der Waals surface area contributed by atoms with Crippen LogP contribution in [0.5, 0.6) is 11.5 Å². The third-order valence-electron chi connectivity index (χ3n) is 4.64. The summed E-state index contributed by atoms with van der Waals surface area (Å²) in [6.07, 6.45) is 7.14. The number of ether oxygens (including phenoxy) is 1. The monoisotopic (exact) mass is 432 g/mol. The van der Waals surface area contributed by atoms with Crippen molar-refractivity contribution >= 4 is 32.2 Å². The van der Waals surface area contributed by atoms with E-state index in [0.717, 1.165) is 27.8 Å². The van der Waals surface area contributed by atoms with Gasteiger partial charge in [0.05, 0.1) is 17.9 Å². The van der Waals surface area contributed by atoms with Gasteiger partial charge in [-0.05, 0) is 43.4 Å². The molecule has 1 amide bonds. The predicted molar refractivity (Wildman–Crippen MR) is 128 cm³/mol. The molecule has 1 aromatic carbocycles. The van der Waals surface area contributed by atoms with Crippen molar-refractivity contribution in [3.63, 3.8) is 0 Å². The molecule has 0 aliphatic rings. The van der Waals surface area contributed by atoms with E-state index in [-0.39, 0.29) is 5.91 Å². The number of aliphatic imine (C=N–C) groups is 1. The summed E-state index contributed by atoms with van der Waals surface area (Å²) in [6, 6.07) is 12.9. The number of amides is 1. The fourth-order valence-electron chi connectivity index (χ4n) is 2.96. The Balaban J connectivity index is 1.76. The second-order valence-electron chi connectivity index (χ2n) is 6.80. The van der Waals surface area contributed by atoms with Crippen molar-refractivity contribution < 1.29 is 9.53 Å². The van der Waals surface area contributed by atoms with Gasteiger partial charge < -0.3 is 10.1 Å². The largest absolute Gasteiger partial charge is 0.457 e. The van der Waals surface area contributed by atoms with Gasteiger partial charge >= 0.3 is 0 Å². The number of benzene rings is 1. The van der Waals surface area contributed by atoms with Gasteiger partial charge in [-0.25, -0.2) is 0 Å². The molecule has 3 aromatic rings. The molecule has 0 aliphatic heterocycles. The number of pyridine rings is 2. The van der Waals surface area contributed by atoms with Gasteiger partial charge in [-0.15, -0.1) is 9.24 Å². The number of rotatable bonds is 7. The summed E-state index contributed by atoms with van der Waals surface area (Å²) < 4.78 is 6.08. The maximum absolute atomic E-state index is 12.7. The van der Waals surface area contributed by atoms with E-state index in [1.165, 1.54) is 0 Å². The van der Waals surface area contributed by atoms with Crippen molar-refractivity contribution in [1.82, 2.24) is 15.3 Å². The quantitative estimate of drug-likeness (QED) is 0.450. The lowest BCUT2D eigenvalue weighted by Gasteiger charge is -2.13. The van der Waals surface area contributed by atoms with E-state index >= 15 is 0 Å². The topological polar surface area (TPSA) is 76.5 Å². The summed E-state index contributed by atoms with van der Waals surface area (Å²) in [5.74, 6) is 1.07. The third kappa shape index (κ3) is 5.83. The first kappa shape index (κ1) is 22.3. The van der Waals surface area contributed by atoms with Crippen LogP contribution in [-0.2, 0) is 6.54 Å². The fourth-order valence-corrected chi connectivity index (χ4v) is 3.14. The van der Waals surface area contributed by atoms with Crippen LogP contribution >= 0.6 is 9.24 Å². The Bertz CT molecular complexity index is 1120. The first-order valence-corrected chi connectivity index (χ1v) is 10.4. The van der Waals surface area contributed by atoms with Gasteiger partial charge in [0.25, 0.3) is 5.91 Å². The molecule has 0 radical (unpaired) electrons. The van der Waals surface area contributed by atoms with E-state index in [0.29, 0.717) is 23.6 Å². The third-order valence-corrected chi connectivity index (χ3v) is 4.98. The van der Waals surface area contributed by atoms with Crippen LogP contribution in [0.15, 0.2) is 65.9 Å².